The van der Waals surface area contributed by atoms with Gasteiger partial charge in [0.05, 0.1) is 13.2 Å². The molecule has 3 heteroatoms. The number of hydrogen-bond acceptors (Lipinski definition) is 3. The van der Waals surface area contributed by atoms with Gasteiger partial charge in [0.1, 0.15) is 5.75 Å². The number of benzene rings is 1. The van der Waals surface area contributed by atoms with E-state index in [2.05, 4.69) is 37.5 Å². The molecular formula is C19H26N2O. The maximum Gasteiger partial charge on any atom is 0.128 e. The van der Waals surface area contributed by atoms with Crippen LogP contribution in [0.5, 0.6) is 5.75 Å². The molecule has 0 saturated heterocycles. The maximum atomic E-state index is 9.07. The average Bonchev–Trinajstić information content (AvgIpc) is 2.51. The van der Waals surface area contributed by atoms with Crippen LogP contribution in [-0.4, -0.2) is 20.2 Å². The highest BCUT2D eigenvalue weighted by Crippen LogP contribution is 2.32. The summed E-state index contributed by atoms with van der Waals surface area (Å²) in [5, 5.41) is 9.07. The highest BCUT2D eigenvalue weighted by Gasteiger charge is 2.13. The Morgan fingerprint density at radius 3 is 2.59 bits per heavy atom. The van der Waals surface area contributed by atoms with Crippen LogP contribution in [0.15, 0.2) is 36.4 Å². The molecule has 0 heterocycles. The molecule has 0 aromatic heterocycles. The van der Waals surface area contributed by atoms with E-state index in [4.69, 9.17) is 10.00 Å². The third kappa shape index (κ3) is 4.39. The molecule has 0 aliphatic carbocycles. The van der Waals surface area contributed by atoms with Crippen LogP contribution in [0.4, 0.5) is 5.69 Å². The monoisotopic (exact) mass is 298 g/mol. The minimum Gasteiger partial charge on any atom is -0.496 e. The Bertz CT molecular complexity index is 594. The van der Waals surface area contributed by atoms with Crippen molar-refractivity contribution in [3.8, 4) is 11.8 Å². The highest BCUT2D eigenvalue weighted by atomic mass is 16.5. The van der Waals surface area contributed by atoms with Gasteiger partial charge in [0, 0.05) is 36.0 Å². The zero-order valence-electron chi connectivity index (χ0n) is 14.3. The van der Waals surface area contributed by atoms with Crippen molar-refractivity contribution >= 4 is 11.3 Å². The molecule has 118 valence electrons. The van der Waals surface area contributed by atoms with Gasteiger partial charge in [0.25, 0.3) is 0 Å². The Labute approximate surface area is 134 Å². The van der Waals surface area contributed by atoms with Crippen molar-refractivity contribution in [3.63, 3.8) is 0 Å². The van der Waals surface area contributed by atoms with Crippen LogP contribution in [0.1, 0.15) is 33.3 Å². The molecule has 1 aromatic rings. The van der Waals surface area contributed by atoms with Crippen LogP contribution < -0.4 is 9.64 Å². The molecule has 22 heavy (non-hydrogen) atoms. The molecule has 1 rings (SSSR count). The summed E-state index contributed by atoms with van der Waals surface area (Å²) in [4.78, 5) is 2.28. The van der Waals surface area contributed by atoms with Crippen molar-refractivity contribution in [2.75, 3.05) is 25.1 Å². The summed E-state index contributed by atoms with van der Waals surface area (Å²) < 4.78 is 5.54. The number of anilines is 1. The maximum absolute atomic E-state index is 9.07. The van der Waals surface area contributed by atoms with E-state index < -0.39 is 0 Å². The number of methoxy groups -OCH3 is 1. The molecule has 0 aliphatic rings. The molecule has 0 amide bonds. The lowest BCUT2D eigenvalue weighted by molar-refractivity contribution is 0.413. The first-order chi connectivity index (χ1) is 10.4. The molecule has 0 bridgehead atoms. The van der Waals surface area contributed by atoms with Gasteiger partial charge in [0.15, 0.2) is 0 Å². The molecule has 0 aliphatic heterocycles. The van der Waals surface area contributed by atoms with Gasteiger partial charge in [-0.2, -0.15) is 5.26 Å². The summed E-state index contributed by atoms with van der Waals surface area (Å²) in [5.74, 6) is 1.36. The smallest absolute Gasteiger partial charge is 0.128 e. The molecular weight excluding hydrogens is 272 g/mol. The fourth-order valence-electron chi connectivity index (χ4n) is 2.35. The predicted octanol–water partition coefficient (Wildman–Crippen LogP) is 4.66. The van der Waals surface area contributed by atoms with Crippen LogP contribution in [0.3, 0.4) is 0 Å². The standard InChI is InChI=1S/C19H26N2O/c1-7-10-21(13-14(2)3)17-8-9-18(19(11-17)22-6)16(5)15(4)12-20/h7-9,11,14H,1,10,13H2,2-6H3/b16-15+. The molecule has 0 atom stereocenters. The van der Waals surface area contributed by atoms with Gasteiger partial charge in [-0.3, -0.25) is 0 Å². The lowest BCUT2D eigenvalue weighted by Crippen LogP contribution is -2.27. The Kier molecular flexibility index (Phi) is 6.72. The summed E-state index contributed by atoms with van der Waals surface area (Å²) in [6, 6.07) is 8.35. The van der Waals surface area contributed by atoms with Crippen molar-refractivity contribution < 1.29 is 4.74 Å². The van der Waals surface area contributed by atoms with Crippen LogP contribution >= 0.6 is 0 Å². The van der Waals surface area contributed by atoms with E-state index in [1.54, 1.807) is 7.11 Å². The van der Waals surface area contributed by atoms with Gasteiger partial charge in [-0.15, -0.1) is 6.58 Å². The van der Waals surface area contributed by atoms with Gasteiger partial charge < -0.3 is 9.64 Å². The Morgan fingerprint density at radius 1 is 1.41 bits per heavy atom. The number of rotatable bonds is 7. The number of nitriles is 1. The van der Waals surface area contributed by atoms with Crippen LogP contribution in [0, 0.1) is 17.2 Å². The van der Waals surface area contributed by atoms with Crippen molar-refractivity contribution in [1.82, 2.24) is 0 Å². The number of hydrogen-bond donors (Lipinski definition) is 0. The second-order valence-electron chi connectivity index (χ2n) is 5.83. The van der Waals surface area contributed by atoms with Crippen molar-refractivity contribution in [1.29, 1.82) is 5.26 Å². The average molecular weight is 298 g/mol. The summed E-state index contributed by atoms with van der Waals surface area (Å²) >= 11 is 0. The molecule has 0 unspecified atom stereocenters. The molecule has 1 aromatic carbocycles. The first kappa shape index (κ1) is 17.8. The first-order valence-corrected chi connectivity index (χ1v) is 7.56. The third-order valence-electron chi connectivity index (χ3n) is 3.62. The van der Waals surface area contributed by atoms with Crippen molar-refractivity contribution in [2.45, 2.75) is 27.7 Å². The second-order valence-corrected chi connectivity index (χ2v) is 5.83. The van der Waals surface area contributed by atoms with E-state index in [1.165, 1.54) is 0 Å². The molecule has 3 nitrogen and oxygen atoms in total. The zero-order chi connectivity index (χ0) is 16.7. The molecule has 0 radical (unpaired) electrons. The topological polar surface area (TPSA) is 36.3 Å². The van der Waals surface area contributed by atoms with E-state index in [0.29, 0.717) is 11.5 Å². The van der Waals surface area contributed by atoms with E-state index in [9.17, 15) is 0 Å². The zero-order valence-corrected chi connectivity index (χ0v) is 14.3. The lowest BCUT2D eigenvalue weighted by Gasteiger charge is -2.26. The molecule has 0 spiro atoms. The minimum absolute atomic E-state index is 0.563. The first-order valence-electron chi connectivity index (χ1n) is 7.56. The van der Waals surface area contributed by atoms with Crippen LogP contribution in [-0.2, 0) is 0 Å². The summed E-state index contributed by atoms with van der Waals surface area (Å²) in [6.45, 7) is 13.8. The van der Waals surface area contributed by atoms with E-state index in [0.717, 1.165) is 35.7 Å². The highest BCUT2D eigenvalue weighted by molar-refractivity contribution is 5.75. The van der Waals surface area contributed by atoms with Crippen LogP contribution in [0.25, 0.3) is 5.57 Å². The molecule has 0 saturated carbocycles. The van der Waals surface area contributed by atoms with Gasteiger partial charge >= 0.3 is 0 Å². The number of ether oxygens (including phenoxy) is 1. The fourth-order valence-corrected chi connectivity index (χ4v) is 2.35. The SMILES string of the molecule is C=CCN(CC(C)C)c1ccc(/C(C)=C(\C)C#N)c(OC)c1. The number of allylic oxidation sites excluding steroid dienone is 2. The van der Waals surface area contributed by atoms with Gasteiger partial charge in [-0.1, -0.05) is 19.9 Å². The Balaban J connectivity index is 3.27. The minimum atomic E-state index is 0.563. The van der Waals surface area contributed by atoms with E-state index in [-0.39, 0.29) is 0 Å². The van der Waals surface area contributed by atoms with Gasteiger partial charge in [-0.05, 0) is 37.5 Å². The fraction of sp³-hybridized carbons (Fsp3) is 0.421. The largest absolute Gasteiger partial charge is 0.496 e. The predicted molar refractivity (Wildman–Crippen MR) is 94.1 cm³/mol. The lowest BCUT2D eigenvalue weighted by atomic mass is 10.0. The quantitative estimate of drug-likeness (QED) is 0.542. The normalized spacial score (nSPS) is 11.7. The van der Waals surface area contributed by atoms with E-state index >= 15 is 0 Å². The van der Waals surface area contributed by atoms with Gasteiger partial charge in [0.2, 0.25) is 0 Å². The summed E-state index contributed by atoms with van der Waals surface area (Å²) in [6.07, 6.45) is 1.91. The van der Waals surface area contributed by atoms with Crippen LogP contribution in [0.2, 0.25) is 0 Å². The van der Waals surface area contributed by atoms with Crippen molar-refractivity contribution in [2.24, 2.45) is 5.92 Å². The molecule has 0 fully saturated rings. The van der Waals surface area contributed by atoms with E-state index in [1.807, 2.05) is 32.1 Å². The van der Waals surface area contributed by atoms with Crippen molar-refractivity contribution in [3.05, 3.63) is 42.0 Å². The summed E-state index contributed by atoms with van der Waals surface area (Å²) in [5.41, 5.74) is 3.73. The Morgan fingerprint density at radius 2 is 2.09 bits per heavy atom. The van der Waals surface area contributed by atoms with Gasteiger partial charge in [-0.25, -0.2) is 0 Å². The number of nitrogens with zero attached hydrogens (tertiary/aromatic N) is 2. The Hall–Kier alpha value is -2.21. The molecule has 0 N–H and O–H groups in total. The third-order valence-corrected chi connectivity index (χ3v) is 3.62. The summed E-state index contributed by atoms with van der Waals surface area (Å²) in [7, 11) is 1.66. The second kappa shape index (κ2) is 8.29.